The molecular weight excluding hydrogens is 212 g/mol. The molecular formula is C14H18N2O. The first-order valence-corrected chi connectivity index (χ1v) is 5.66. The number of hydrogen-bond donors (Lipinski definition) is 0. The van der Waals surface area contributed by atoms with E-state index >= 15 is 0 Å². The largest absolute Gasteiger partial charge is 0.297 e. The van der Waals surface area contributed by atoms with Crippen LogP contribution >= 0.6 is 0 Å². The van der Waals surface area contributed by atoms with Crippen molar-refractivity contribution in [1.29, 1.82) is 5.26 Å². The molecule has 0 heterocycles. The molecule has 0 aliphatic heterocycles. The van der Waals surface area contributed by atoms with E-state index in [1.165, 1.54) is 16.7 Å². The zero-order chi connectivity index (χ0) is 12.8. The van der Waals surface area contributed by atoms with Crippen molar-refractivity contribution < 1.29 is 4.79 Å². The molecule has 0 N–H and O–H groups in total. The van der Waals surface area contributed by atoms with Crippen LogP contribution in [0.4, 0.5) is 0 Å². The van der Waals surface area contributed by atoms with Gasteiger partial charge < -0.3 is 0 Å². The van der Waals surface area contributed by atoms with Gasteiger partial charge in [0.05, 0.1) is 19.0 Å². The smallest absolute Gasteiger partial charge is 0.160 e. The molecule has 3 nitrogen and oxygen atoms in total. The molecule has 0 bridgehead atoms. The van der Waals surface area contributed by atoms with Crippen molar-refractivity contribution in [2.24, 2.45) is 0 Å². The quantitative estimate of drug-likeness (QED) is 0.779. The van der Waals surface area contributed by atoms with Gasteiger partial charge in [0.2, 0.25) is 0 Å². The third-order valence-corrected chi connectivity index (χ3v) is 2.67. The number of hydrogen-bond acceptors (Lipinski definition) is 3. The van der Waals surface area contributed by atoms with Crippen LogP contribution in [0.1, 0.15) is 23.1 Å². The molecule has 0 atom stereocenters. The second kappa shape index (κ2) is 6.17. The number of likely N-dealkylation sites (N-methyl/N-ethyl adjacent to an activating group) is 1. The zero-order valence-corrected chi connectivity index (χ0v) is 10.7. The Kier molecular flexibility index (Phi) is 4.86. The molecule has 0 saturated heterocycles. The van der Waals surface area contributed by atoms with E-state index in [4.69, 9.17) is 5.26 Å². The number of benzene rings is 1. The van der Waals surface area contributed by atoms with Gasteiger partial charge in [-0.1, -0.05) is 23.8 Å². The molecule has 0 aliphatic carbocycles. The number of nitriles is 1. The van der Waals surface area contributed by atoms with Crippen LogP contribution in [0.2, 0.25) is 0 Å². The third kappa shape index (κ3) is 4.38. The summed E-state index contributed by atoms with van der Waals surface area (Å²) in [7, 11) is 1.90. The topological polar surface area (TPSA) is 44.1 Å². The Morgan fingerprint density at radius 1 is 1.41 bits per heavy atom. The Morgan fingerprint density at radius 2 is 2.12 bits per heavy atom. The number of carbonyl (C=O) groups excluding carboxylic acids is 1. The van der Waals surface area contributed by atoms with Gasteiger partial charge in [0.25, 0.3) is 0 Å². The van der Waals surface area contributed by atoms with Gasteiger partial charge in [0.15, 0.2) is 5.78 Å². The molecule has 90 valence electrons. The molecule has 1 rings (SSSR count). The van der Waals surface area contributed by atoms with E-state index in [9.17, 15) is 4.79 Å². The van der Waals surface area contributed by atoms with Gasteiger partial charge in [-0.3, -0.25) is 9.69 Å². The van der Waals surface area contributed by atoms with Crippen molar-refractivity contribution in [2.75, 3.05) is 13.6 Å². The highest BCUT2D eigenvalue weighted by molar-refractivity contribution is 5.82. The first-order chi connectivity index (χ1) is 8.02. The fourth-order valence-corrected chi connectivity index (χ4v) is 1.76. The first-order valence-electron chi connectivity index (χ1n) is 5.66. The van der Waals surface area contributed by atoms with Gasteiger partial charge >= 0.3 is 0 Å². The van der Waals surface area contributed by atoms with Crippen molar-refractivity contribution in [3.8, 4) is 6.07 Å². The van der Waals surface area contributed by atoms with Crippen LogP contribution in [0.5, 0.6) is 0 Å². The molecule has 1 aromatic rings. The summed E-state index contributed by atoms with van der Waals surface area (Å²) in [5.41, 5.74) is 3.69. The van der Waals surface area contributed by atoms with Crippen LogP contribution in [0, 0.1) is 25.2 Å². The summed E-state index contributed by atoms with van der Waals surface area (Å²) in [6, 6.07) is 8.20. The van der Waals surface area contributed by atoms with Gasteiger partial charge in [-0.05, 0) is 32.0 Å². The maximum Gasteiger partial charge on any atom is 0.160 e. The Balaban J connectivity index is 2.62. The molecule has 0 radical (unpaired) electrons. The van der Waals surface area contributed by atoms with Crippen molar-refractivity contribution >= 4 is 5.78 Å². The predicted molar refractivity (Wildman–Crippen MR) is 67.5 cm³/mol. The number of nitrogens with zero attached hydrogens (tertiary/aromatic N) is 2. The summed E-state index contributed by atoms with van der Waals surface area (Å²) in [6.45, 7) is 5.20. The van der Waals surface area contributed by atoms with E-state index in [0.29, 0.717) is 6.54 Å². The molecule has 0 unspecified atom stereocenters. The van der Waals surface area contributed by atoms with Crippen LogP contribution in [0.3, 0.4) is 0 Å². The summed E-state index contributed by atoms with van der Waals surface area (Å²) < 4.78 is 0. The molecule has 0 spiro atoms. The van der Waals surface area contributed by atoms with Crippen molar-refractivity contribution in [3.05, 3.63) is 34.9 Å². The molecule has 0 amide bonds. The minimum Gasteiger partial charge on any atom is -0.297 e. The molecule has 17 heavy (non-hydrogen) atoms. The molecule has 0 aliphatic rings. The second-order valence-electron chi connectivity index (χ2n) is 4.48. The lowest BCUT2D eigenvalue weighted by Gasteiger charge is -2.17. The summed E-state index contributed by atoms with van der Waals surface area (Å²) in [5.74, 6) is -0.0275. The normalized spacial score (nSPS) is 10.3. The van der Waals surface area contributed by atoms with Gasteiger partial charge in [-0.25, -0.2) is 0 Å². The number of rotatable bonds is 5. The third-order valence-electron chi connectivity index (χ3n) is 2.67. The number of aryl methyl sites for hydroxylation is 2. The second-order valence-corrected chi connectivity index (χ2v) is 4.48. The maximum absolute atomic E-state index is 11.3. The zero-order valence-electron chi connectivity index (χ0n) is 10.7. The van der Waals surface area contributed by atoms with Crippen LogP contribution in [0.25, 0.3) is 0 Å². The standard InChI is InChI=1S/C14H18N2O/c1-11-4-5-12(2)13(8-11)9-16(3)10-14(17)6-7-15/h4-5,8H,6,9-10H2,1-3H3. The van der Waals surface area contributed by atoms with E-state index in [2.05, 4.69) is 32.0 Å². The fourth-order valence-electron chi connectivity index (χ4n) is 1.76. The van der Waals surface area contributed by atoms with Crippen molar-refractivity contribution in [1.82, 2.24) is 4.90 Å². The van der Waals surface area contributed by atoms with Crippen LogP contribution in [-0.2, 0) is 11.3 Å². The Labute approximate surface area is 103 Å². The Morgan fingerprint density at radius 3 is 2.76 bits per heavy atom. The van der Waals surface area contributed by atoms with Crippen molar-refractivity contribution in [3.63, 3.8) is 0 Å². The van der Waals surface area contributed by atoms with Gasteiger partial charge in [0, 0.05) is 6.54 Å². The maximum atomic E-state index is 11.3. The summed E-state index contributed by atoms with van der Waals surface area (Å²) in [4.78, 5) is 13.3. The van der Waals surface area contributed by atoms with Crippen LogP contribution < -0.4 is 0 Å². The lowest BCUT2D eigenvalue weighted by Crippen LogP contribution is -2.25. The molecule has 0 saturated carbocycles. The van der Waals surface area contributed by atoms with E-state index in [0.717, 1.165) is 6.54 Å². The summed E-state index contributed by atoms with van der Waals surface area (Å²) >= 11 is 0. The van der Waals surface area contributed by atoms with E-state index < -0.39 is 0 Å². The van der Waals surface area contributed by atoms with E-state index in [-0.39, 0.29) is 12.2 Å². The number of carbonyl (C=O) groups is 1. The molecule has 3 heteroatoms. The number of Topliss-reactive ketones (excluding diaryl/α,β-unsaturated/α-hetero) is 1. The van der Waals surface area contributed by atoms with Crippen molar-refractivity contribution in [2.45, 2.75) is 26.8 Å². The minimum atomic E-state index is -0.0275. The minimum absolute atomic E-state index is 0.00284. The highest BCUT2D eigenvalue weighted by Gasteiger charge is 2.08. The van der Waals surface area contributed by atoms with Gasteiger partial charge in [0.1, 0.15) is 0 Å². The van der Waals surface area contributed by atoms with Crippen LogP contribution in [-0.4, -0.2) is 24.3 Å². The lowest BCUT2D eigenvalue weighted by atomic mass is 10.1. The summed E-state index contributed by atoms with van der Waals surface area (Å²) in [6.07, 6.45) is -0.00284. The molecule has 0 fully saturated rings. The van der Waals surface area contributed by atoms with E-state index in [1.54, 1.807) is 0 Å². The SMILES string of the molecule is Cc1ccc(C)c(CN(C)CC(=O)CC#N)c1. The Bertz CT molecular complexity index is 446. The van der Waals surface area contributed by atoms with E-state index in [1.807, 2.05) is 18.0 Å². The average molecular weight is 230 g/mol. The first kappa shape index (κ1) is 13.4. The van der Waals surface area contributed by atoms with Gasteiger partial charge in [-0.15, -0.1) is 0 Å². The highest BCUT2D eigenvalue weighted by Crippen LogP contribution is 2.12. The van der Waals surface area contributed by atoms with Crippen LogP contribution in [0.15, 0.2) is 18.2 Å². The number of ketones is 1. The van der Waals surface area contributed by atoms with Gasteiger partial charge in [-0.2, -0.15) is 5.26 Å². The average Bonchev–Trinajstić information content (AvgIpc) is 2.23. The fraction of sp³-hybridized carbons (Fsp3) is 0.429. The molecule has 0 aromatic heterocycles. The summed E-state index contributed by atoms with van der Waals surface area (Å²) in [5, 5.41) is 8.43. The highest BCUT2D eigenvalue weighted by atomic mass is 16.1. The predicted octanol–water partition coefficient (Wildman–Crippen LogP) is 2.22. The lowest BCUT2D eigenvalue weighted by molar-refractivity contribution is -0.119. The Hall–Kier alpha value is -1.66. The molecule has 1 aromatic carbocycles. The monoisotopic (exact) mass is 230 g/mol.